The molecular weight excluding hydrogens is 192 g/mol. The number of nitrogens with zero attached hydrogens (tertiary/aromatic N) is 2. The first-order valence-electron chi connectivity index (χ1n) is 4.63. The van der Waals surface area contributed by atoms with Gasteiger partial charge in [0.25, 0.3) is 0 Å². The number of rotatable bonds is 3. The van der Waals surface area contributed by atoms with Crippen LogP contribution in [0.2, 0.25) is 0 Å². The molecule has 0 atom stereocenters. The van der Waals surface area contributed by atoms with E-state index in [1.165, 1.54) is 0 Å². The second-order valence-electron chi connectivity index (χ2n) is 3.20. The highest BCUT2D eigenvalue weighted by Crippen LogP contribution is 2.24. The number of phenols is 1. The molecule has 1 heterocycles. The first kappa shape index (κ1) is 9.58. The number of phenolic OH excluding ortho intramolecular Hbond substituents is 1. The summed E-state index contributed by atoms with van der Waals surface area (Å²) in [6.45, 7) is 0.635. The van der Waals surface area contributed by atoms with Crippen molar-refractivity contribution in [3.63, 3.8) is 0 Å². The quantitative estimate of drug-likeness (QED) is 0.826. The Balaban J connectivity index is 2.28. The van der Waals surface area contributed by atoms with Crippen LogP contribution < -0.4 is 4.74 Å². The topological polar surface area (TPSA) is 47.3 Å². The van der Waals surface area contributed by atoms with Crippen molar-refractivity contribution < 1.29 is 9.84 Å². The number of methoxy groups -OCH3 is 1. The van der Waals surface area contributed by atoms with E-state index in [1.54, 1.807) is 30.1 Å². The van der Waals surface area contributed by atoms with Gasteiger partial charge in [0.05, 0.1) is 13.7 Å². The van der Waals surface area contributed by atoms with Gasteiger partial charge in [-0.1, -0.05) is 0 Å². The molecule has 15 heavy (non-hydrogen) atoms. The van der Waals surface area contributed by atoms with E-state index in [1.807, 2.05) is 18.3 Å². The maximum atomic E-state index is 9.29. The lowest BCUT2D eigenvalue weighted by Gasteiger charge is -2.08. The van der Waals surface area contributed by atoms with Gasteiger partial charge in [0, 0.05) is 24.0 Å². The molecule has 4 nitrogen and oxygen atoms in total. The number of hydrogen-bond donors (Lipinski definition) is 1. The molecule has 1 N–H and O–H groups in total. The van der Waals surface area contributed by atoms with Crippen molar-refractivity contribution in [2.24, 2.45) is 0 Å². The van der Waals surface area contributed by atoms with Gasteiger partial charge in [-0.2, -0.15) is 5.10 Å². The third-order valence-electron chi connectivity index (χ3n) is 2.16. The summed E-state index contributed by atoms with van der Waals surface area (Å²) >= 11 is 0. The van der Waals surface area contributed by atoms with Crippen molar-refractivity contribution in [3.8, 4) is 11.5 Å². The lowest BCUT2D eigenvalue weighted by molar-refractivity contribution is 0.400. The Morgan fingerprint density at radius 2 is 2.33 bits per heavy atom. The summed E-state index contributed by atoms with van der Waals surface area (Å²) in [6, 6.07) is 6.93. The standard InChI is InChI=1S/C11H12N2O2/c1-15-11-7-10(14)4-3-9(11)8-13-6-2-5-12-13/h2-7,14H,8H2,1H3. The van der Waals surface area contributed by atoms with Crippen LogP contribution in [0.4, 0.5) is 0 Å². The van der Waals surface area contributed by atoms with Gasteiger partial charge in [0.15, 0.2) is 0 Å². The van der Waals surface area contributed by atoms with E-state index in [2.05, 4.69) is 5.10 Å². The second-order valence-corrected chi connectivity index (χ2v) is 3.20. The fourth-order valence-corrected chi connectivity index (χ4v) is 1.43. The zero-order chi connectivity index (χ0) is 10.7. The SMILES string of the molecule is COc1cc(O)ccc1Cn1cccn1. The van der Waals surface area contributed by atoms with Crippen LogP contribution in [0.15, 0.2) is 36.7 Å². The fourth-order valence-electron chi connectivity index (χ4n) is 1.43. The summed E-state index contributed by atoms with van der Waals surface area (Å²) in [7, 11) is 1.58. The lowest BCUT2D eigenvalue weighted by Crippen LogP contribution is -2.01. The molecule has 0 saturated carbocycles. The first-order valence-corrected chi connectivity index (χ1v) is 4.63. The molecule has 78 valence electrons. The second kappa shape index (κ2) is 4.04. The van der Waals surface area contributed by atoms with Crippen LogP contribution in [0.3, 0.4) is 0 Å². The van der Waals surface area contributed by atoms with Crippen LogP contribution in [-0.2, 0) is 6.54 Å². The van der Waals surface area contributed by atoms with Crippen molar-refractivity contribution in [2.75, 3.05) is 7.11 Å². The summed E-state index contributed by atoms with van der Waals surface area (Å²) in [5, 5.41) is 13.4. The molecule has 0 aliphatic carbocycles. The zero-order valence-electron chi connectivity index (χ0n) is 8.42. The lowest BCUT2D eigenvalue weighted by atomic mass is 10.2. The van der Waals surface area contributed by atoms with Gasteiger partial charge in [-0.25, -0.2) is 0 Å². The number of aromatic hydroxyl groups is 1. The minimum Gasteiger partial charge on any atom is -0.508 e. The van der Waals surface area contributed by atoms with Gasteiger partial charge in [0.1, 0.15) is 11.5 Å². The normalized spacial score (nSPS) is 10.2. The summed E-state index contributed by atoms with van der Waals surface area (Å²) in [6.07, 6.45) is 3.61. The van der Waals surface area contributed by atoms with E-state index in [-0.39, 0.29) is 5.75 Å². The van der Waals surface area contributed by atoms with Crippen LogP contribution >= 0.6 is 0 Å². The molecule has 2 aromatic rings. The highest BCUT2D eigenvalue weighted by molar-refractivity contribution is 5.40. The van der Waals surface area contributed by atoms with Crippen LogP contribution in [0.25, 0.3) is 0 Å². The molecule has 0 aliphatic rings. The highest BCUT2D eigenvalue weighted by atomic mass is 16.5. The molecular formula is C11H12N2O2. The Labute approximate surface area is 87.7 Å². The average molecular weight is 204 g/mol. The Bertz CT molecular complexity index is 438. The van der Waals surface area contributed by atoms with Crippen LogP contribution in [0.1, 0.15) is 5.56 Å². The van der Waals surface area contributed by atoms with E-state index in [0.717, 1.165) is 5.56 Å². The van der Waals surface area contributed by atoms with Crippen LogP contribution in [0.5, 0.6) is 11.5 Å². The van der Waals surface area contributed by atoms with Gasteiger partial charge < -0.3 is 9.84 Å². The molecule has 2 rings (SSSR count). The maximum absolute atomic E-state index is 9.29. The molecule has 1 aromatic carbocycles. The molecule has 0 radical (unpaired) electrons. The maximum Gasteiger partial charge on any atom is 0.127 e. The highest BCUT2D eigenvalue weighted by Gasteiger charge is 2.04. The zero-order valence-corrected chi connectivity index (χ0v) is 8.42. The molecule has 0 saturated heterocycles. The van der Waals surface area contributed by atoms with Gasteiger partial charge in [-0.05, 0) is 18.2 Å². The Kier molecular flexibility index (Phi) is 2.58. The monoisotopic (exact) mass is 204 g/mol. The predicted molar refractivity (Wildman–Crippen MR) is 56.0 cm³/mol. The van der Waals surface area contributed by atoms with E-state index >= 15 is 0 Å². The Hall–Kier alpha value is -1.97. The molecule has 0 spiro atoms. The third kappa shape index (κ3) is 2.10. The van der Waals surface area contributed by atoms with Gasteiger partial charge in [0.2, 0.25) is 0 Å². The minimum absolute atomic E-state index is 0.205. The van der Waals surface area contributed by atoms with Gasteiger partial charge >= 0.3 is 0 Å². The van der Waals surface area contributed by atoms with Crippen LogP contribution in [0, 0.1) is 0 Å². The fraction of sp³-hybridized carbons (Fsp3) is 0.182. The van der Waals surface area contributed by atoms with Crippen molar-refractivity contribution in [2.45, 2.75) is 6.54 Å². The summed E-state index contributed by atoms with van der Waals surface area (Å²) in [4.78, 5) is 0. The van der Waals surface area contributed by atoms with Crippen molar-refractivity contribution in [1.82, 2.24) is 9.78 Å². The third-order valence-corrected chi connectivity index (χ3v) is 2.16. The number of hydrogen-bond acceptors (Lipinski definition) is 3. The van der Waals surface area contributed by atoms with E-state index in [4.69, 9.17) is 4.74 Å². The average Bonchev–Trinajstić information content (AvgIpc) is 2.73. The number of aromatic nitrogens is 2. The van der Waals surface area contributed by atoms with Gasteiger partial charge in [-0.15, -0.1) is 0 Å². The van der Waals surface area contributed by atoms with Crippen molar-refractivity contribution in [3.05, 3.63) is 42.2 Å². The first-order chi connectivity index (χ1) is 7.29. The van der Waals surface area contributed by atoms with Gasteiger partial charge in [-0.3, -0.25) is 4.68 Å². The summed E-state index contributed by atoms with van der Waals surface area (Å²) in [5.41, 5.74) is 0.985. The summed E-state index contributed by atoms with van der Waals surface area (Å²) < 4.78 is 6.97. The summed E-state index contributed by atoms with van der Waals surface area (Å²) in [5.74, 6) is 0.876. The molecule has 0 aliphatic heterocycles. The largest absolute Gasteiger partial charge is 0.508 e. The molecule has 1 aromatic heterocycles. The Morgan fingerprint density at radius 3 is 3.00 bits per heavy atom. The molecule has 0 fully saturated rings. The molecule has 0 bridgehead atoms. The van der Waals surface area contributed by atoms with Crippen molar-refractivity contribution >= 4 is 0 Å². The number of benzene rings is 1. The van der Waals surface area contributed by atoms with E-state index < -0.39 is 0 Å². The van der Waals surface area contributed by atoms with Crippen molar-refractivity contribution in [1.29, 1.82) is 0 Å². The minimum atomic E-state index is 0.205. The van der Waals surface area contributed by atoms with E-state index in [0.29, 0.717) is 12.3 Å². The molecule has 4 heteroatoms. The van der Waals surface area contributed by atoms with E-state index in [9.17, 15) is 5.11 Å². The predicted octanol–water partition coefficient (Wildman–Crippen LogP) is 1.65. The van der Waals surface area contributed by atoms with Crippen LogP contribution in [-0.4, -0.2) is 22.0 Å². The molecule has 0 unspecified atom stereocenters. The number of ether oxygens (including phenoxy) is 1. The smallest absolute Gasteiger partial charge is 0.127 e. The molecule has 0 amide bonds. The Morgan fingerprint density at radius 1 is 1.47 bits per heavy atom.